The molecule has 0 saturated carbocycles. The molecule has 0 aliphatic carbocycles. The smallest absolute Gasteiger partial charge is 0.258 e. The SMILES string of the molecule is COc1ccc(-c2noc([C@@H](NC(=O)COc3ccc(Cl)cc3Cl)C(C)C)n2)cc1. The van der Waals surface area contributed by atoms with Crippen LogP contribution in [0, 0.1) is 5.92 Å². The molecule has 7 nitrogen and oxygen atoms in total. The lowest BCUT2D eigenvalue weighted by Crippen LogP contribution is -2.35. The molecular formula is C21H21Cl2N3O4. The van der Waals surface area contributed by atoms with Gasteiger partial charge < -0.3 is 19.3 Å². The van der Waals surface area contributed by atoms with Crippen LogP contribution in [0.15, 0.2) is 47.0 Å². The number of hydrogen-bond donors (Lipinski definition) is 1. The molecule has 0 bridgehead atoms. The summed E-state index contributed by atoms with van der Waals surface area (Å²) >= 11 is 11.9. The second kappa shape index (κ2) is 9.82. The van der Waals surface area contributed by atoms with E-state index in [1.54, 1.807) is 25.3 Å². The molecule has 0 saturated heterocycles. The van der Waals surface area contributed by atoms with E-state index < -0.39 is 6.04 Å². The van der Waals surface area contributed by atoms with Gasteiger partial charge in [0, 0.05) is 10.6 Å². The van der Waals surface area contributed by atoms with Crippen LogP contribution >= 0.6 is 23.2 Å². The van der Waals surface area contributed by atoms with Crippen LogP contribution in [0.4, 0.5) is 0 Å². The third-order valence-electron chi connectivity index (χ3n) is 4.29. The average Bonchev–Trinajstić information content (AvgIpc) is 3.21. The Hall–Kier alpha value is -2.77. The number of rotatable bonds is 8. The van der Waals surface area contributed by atoms with Gasteiger partial charge in [0.1, 0.15) is 17.5 Å². The summed E-state index contributed by atoms with van der Waals surface area (Å²) in [4.78, 5) is 16.9. The van der Waals surface area contributed by atoms with Crippen molar-refractivity contribution in [3.05, 3.63) is 58.4 Å². The molecule has 158 valence electrons. The van der Waals surface area contributed by atoms with Gasteiger partial charge >= 0.3 is 0 Å². The van der Waals surface area contributed by atoms with E-state index in [1.807, 2.05) is 38.1 Å². The van der Waals surface area contributed by atoms with E-state index >= 15 is 0 Å². The highest BCUT2D eigenvalue weighted by atomic mass is 35.5. The van der Waals surface area contributed by atoms with Crippen LogP contribution in [0.25, 0.3) is 11.4 Å². The fourth-order valence-electron chi connectivity index (χ4n) is 2.68. The number of halogens is 2. The highest BCUT2D eigenvalue weighted by Crippen LogP contribution is 2.28. The van der Waals surface area contributed by atoms with Crippen LogP contribution in [0.5, 0.6) is 11.5 Å². The number of carbonyl (C=O) groups is 1. The van der Waals surface area contributed by atoms with E-state index in [2.05, 4.69) is 15.5 Å². The average molecular weight is 450 g/mol. The van der Waals surface area contributed by atoms with Crippen LogP contribution in [0.3, 0.4) is 0 Å². The number of benzene rings is 2. The summed E-state index contributed by atoms with van der Waals surface area (Å²) in [5, 5.41) is 7.71. The van der Waals surface area contributed by atoms with Crippen molar-refractivity contribution in [2.45, 2.75) is 19.9 Å². The standard InChI is InChI=1S/C21H21Cl2N3O4/c1-12(2)19(24-18(27)11-29-17-9-6-14(22)10-16(17)23)21-25-20(26-30-21)13-4-7-15(28-3)8-5-13/h4-10,12,19H,11H2,1-3H3,(H,24,27)/t19-/m0/s1. The Bertz CT molecular complexity index is 1010. The third-order valence-corrected chi connectivity index (χ3v) is 4.82. The van der Waals surface area contributed by atoms with Crippen molar-refractivity contribution in [3.63, 3.8) is 0 Å². The number of hydrogen-bond acceptors (Lipinski definition) is 6. The third kappa shape index (κ3) is 5.43. The Morgan fingerprint density at radius 2 is 1.90 bits per heavy atom. The van der Waals surface area contributed by atoms with Crippen molar-refractivity contribution in [2.75, 3.05) is 13.7 Å². The van der Waals surface area contributed by atoms with Gasteiger partial charge in [-0.3, -0.25) is 4.79 Å². The fourth-order valence-corrected chi connectivity index (χ4v) is 3.15. The molecule has 3 aromatic rings. The summed E-state index contributed by atoms with van der Waals surface area (Å²) in [7, 11) is 1.60. The predicted octanol–water partition coefficient (Wildman–Crippen LogP) is 4.94. The van der Waals surface area contributed by atoms with Gasteiger partial charge in [-0.15, -0.1) is 0 Å². The normalized spacial score (nSPS) is 11.9. The molecule has 1 heterocycles. The van der Waals surface area contributed by atoms with Gasteiger partial charge in [0.15, 0.2) is 6.61 Å². The van der Waals surface area contributed by atoms with Crippen molar-refractivity contribution in [1.29, 1.82) is 0 Å². The van der Waals surface area contributed by atoms with Gasteiger partial charge in [0.05, 0.1) is 12.1 Å². The van der Waals surface area contributed by atoms with Gasteiger partial charge in [-0.25, -0.2) is 0 Å². The Morgan fingerprint density at radius 1 is 1.17 bits per heavy atom. The number of methoxy groups -OCH3 is 1. The predicted molar refractivity (Wildman–Crippen MR) is 114 cm³/mol. The second-order valence-corrected chi connectivity index (χ2v) is 7.68. The molecule has 1 amide bonds. The largest absolute Gasteiger partial charge is 0.497 e. The van der Waals surface area contributed by atoms with Crippen molar-refractivity contribution in [2.24, 2.45) is 5.92 Å². The Kier molecular flexibility index (Phi) is 7.18. The zero-order valence-electron chi connectivity index (χ0n) is 16.7. The molecule has 3 rings (SSSR count). The zero-order chi connectivity index (χ0) is 21.7. The van der Waals surface area contributed by atoms with E-state index in [-0.39, 0.29) is 18.4 Å². The maximum atomic E-state index is 12.4. The van der Waals surface area contributed by atoms with E-state index in [4.69, 9.17) is 37.2 Å². The van der Waals surface area contributed by atoms with E-state index in [9.17, 15) is 4.79 Å². The Labute approximate surface area is 184 Å². The second-order valence-electron chi connectivity index (χ2n) is 6.84. The summed E-state index contributed by atoms with van der Waals surface area (Å²) < 4.78 is 16.1. The van der Waals surface area contributed by atoms with E-state index in [0.717, 1.165) is 11.3 Å². The first kappa shape index (κ1) is 21.9. The number of aromatic nitrogens is 2. The molecule has 0 fully saturated rings. The lowest BCUT2D eigenvalue weighted by molar-refractivity contribution is -0.124. The quantitative estimate of drug-likeness (QED) is 0.523. The first-order valence-corrected chi connectivity index (χ1v) is 9.98. The van der Waals surface area contributed by atoms with Gasteiger partial charge in [0.2, 0.25) is 11.7 Å². The molecule has 0 aliphatic rings. The molecule has 0 radical (unpaired) electrons. The molecule has 1 N–H and O–H groups in total. The first-order valence-electron chi connectivity index (χ1n) is 9.22. The highest BCUT2D eigenvalue weighted by molar-refractivity contribution is 6.35. The van der Waals surface area contributed by atoms with Crippen LogP contribution in [-0.2, 0) is 4.79 Å². The van der Waals surface area contributed by atoms with Crippen LogP contribution in [-0.4, -0.2) is 29.8 Å². The summed E-state index contributed by atoms with van der Waals surface area (Å²) in [5.74, 6) is 1.51. The molecular weight excluding hydrogens is 429 g/mol. The van der Waals surface area contributed by atoms with Gasteiger partial charge in [-0.1, -0.05) is 42.2 Å². The zero-order valence-corrected chi connectivity index (χ0v) is 18.2. The molecule has 0 unspecified atom stereocenters. The summed E-state index contributed by atoms with van der Waals surface area (Å²) in [6.07, 6.45) is 0. The van der Waals surface area contributed by atoms with Crippen molar-refractivity contribution < 1.29 is 18.8 Å². The topological polar surface area (TPSA) is 86.5 Å². The number of nitrogens with zero attached hydrogens (tertiary/aromatic N) is 2. The molecule has 0 aliphatic heterocycles. The molecule has 1 aromatic heterocycles. The first-order chi connectivity index (χ1) is 14.4. The van der Waals surface area contributed by atoms with Crippen molar-refractivity contribution in [3.8, 4) is 22.9 Å². The summed E-state index contributed by atoms with van der Waals surface area (Å²) in [6, 6.07) is 11.6. The molecule has 0 spiro atoms. The van der Waals surface area contributed by atoms with Crippen molar-refractivity contribution in [1.82, 2.24) is 15.5 Å². The number of ether oxygens (including phenoxy) is 2. The number of amides is 1. The van der Waals surface area contributed by atoms with E-state index in [0.29, 0.717) is 27.5 Å². The van der Waals surface area contributed by atoms with Crippen LogP contribution < -0.4 is 14.8 Å². The maximum Gasteiger partial charge on any atom is 0.258 e. The number of carbonyl (C=O) groups excluding carboxylic acids is 1. The Balaban J connectivity index is 1.66. The molecule has 30 heavy (non-hydrogen) atoms. The summed E-state index contributed by atoms with van der Waals surface area (Å²) in [6.45, 7) is 3.67. The number of nitrogens with one attached hydrogen (secondary N) is 1. The molecule has 9 heteroatoms. The summed E-state index contributed by atoms with van der Waals surface area (Å²) in [5.41, 5.74) is 0.778. The lowest BCUT2D eigenvalue weighted by atomic mass is 10.0. The lowest BCUT2D eigenvalue weighted by Gasteiger charge is -2.18. The van der Waals surface area contributed by atoms with Gasteiger partial charge in [-0.2, -0.15) is 4.98 Å². The maximum absolute atomic E-state index is 12.4. The minimum atomic E-state index is -0.471. The molecule has 1 atom stereocenters. The monoisotopic (exact) mass is 449 g/mol. The fraction of sp³-hybridized carbons (Fsp3) is 0.286. The minimum absolute atomic E-state index is 0.0113. The van der Waals surface area contributed by atoms with Gasteiger partial charge in [0.25, 0.3) is 5.91 Å². The van der Waals surface area contributed by atoms with Gasteiger partial charge in [-0.05, 0) is 48.4 Å². The van der Waals surface area contributed by atoms with E-state index in [1.165, 1.54) is 0 Å². The van der Waals surface area contributed by atoms with Crippen molar-refractivity contribution >= 4 is 29.1 Å². The minimum Gasteiger partial charge on any atom is -0.497 e. The molecule has 2 aromatic carbocycles. The van der Waals surface area contributed by atoms with Crippen LogP contribution in [0.2, 0.25) is 10.0 Å². The Morgan fingerprint density at radius 3 is 2.53 bits per heavy atom. The van der Waals surface area contributed by atoms with Crippen LogP contribution in [0.1, 0.15) is 25.8 Å². The highest BCUT2D eigenvalue weighted by Gasteiger charge is 2.25.